The lowest BCUT2D eigenvalue weighted by molar-refractivity contribution is 0.836. The van der Waals surface area contributed by atoms with Gasteiger partial charge in [-0.3, -0.25) is 0 Å². The van der Waals surface area contributed by atoms with Crippen LogP contribution in [0, 0.1) is 17.2 Å². The van der Waals surface area contributed by atoms with Crippen LogP contribution in [0.4, 0.5) is 0 Å². The monoisotopic (exact) mass is 177 g/mol. The van der Waals surface area contributed by atoms with Crippen LogP contribution in [0.5, 0.6) is 0 Å². The van der Waals surface area contributed by atoms with Gasteiger partial charge >= 0.3 is 0 Å². The van der Waals surface area contributed by atoms with Crippen LogP contribution in [0.3, 0.4) is 0 Å². The lowest BCUT2D eigenvalue weighted by Crippen LogP contribution is -1.74. The molecule has 2 heteroatoms. The molecule has 1 rings (SSSR count). The van der Waals surface area contributed by atoms with E-state index >= 15 is 0 Å². The van der Waals surface area contributed by atoms with Crippen molar-refractivity contribution in [1.82, 2.24) is 0 Å². The summed E-state index contributed by atoms with van der Waals surface area (Å²) in [6.07, 6.45) is 4.20. The maximum absolute atomic E-state index is 8.56. The highest BCUT2D eigenvalue weighted by atomic mass is 32.1. The summed E-state index contributed by atoms with van der Waals surface area (Å²) in [4.78, 5) is 1.93. The van der Waals surface area contributed by atoms with E-state index in [1.165, 1.54) is 11.3 Å². The average Bonchev–Trinajstić information content (AvgIpc) is 2.48. The fourth-order valence-corrected chi connectivity index (χ4v) is 1.51. The number of nitrogens with zero attached hydrogens (tertiary/aromatic N) is 1. The molecule has 0 spiro atoms. The molecule has 0 radical (unpaired) electrons. The maximum atomic E-state index is 8.56. The van der Waals surface area contributed by atoms with Gasteiger partial charge in [0.2, 0.25) is 0 Å². The summed E-state index contributed by atoms with van der Waals surface area (Å²) in [5.41, 5.74) is 0. The first kappa shape index (κ1) is 9.02. The lowest BCUT2D eigenvalue weighted by atomic mass is 10.2. The molecule has 1 aromatic heterocycles. The first-order valence-electron chi connectivity index (χ1n) is 3.90. The Balaban J connectivity index is 2.72. The predicted octanol–water partition coefficient (Wildman–Crippen LogP) is 3.29. The summed E-state index contributed by atoms with van der Waals surface area (Å²) < 4.78 is 0. The molecule has 0 fully saturated rings. The van der Waals surface area contributed by atoms with E-state index in [9.17, 15) is 0 Å². The third-order valence-electron chi connectivity index (χ3n) is 1.38. The largest absolute Gasteiger partial charge is 0.192 e. The normalized spacial score (nSPS) is 10.8. The Morgan fingerprint density at radius 3 is 2.75 bits per heavy atom. The van der Waals surface area contributed by atoms with Gasteiger partial charge in [-0.25, -0.2) is 0 Å². The van der Waals surface area contributed by atoms with Gasteiger partial charge in [0.15, 0.2) is 0 Å². The number of hydrogen-bond donors (Lipinski definition) is 0. The van der Waals surface area contributed by atoms with Crippen LogP contribution in [-0.4, -0.2) is 0 Å². The Morgan fingerprint density at radius 2 is 2.25 bits per heavy atom. The Bertz CT molecular complexity index is 315. The van der Waals surface area contributed by atoms with Crippen LogP contribution in [0.15, 0.2) is 18.2 Å². The van der Waals surface area contributed by atoms with Crippen LogP contribution in [0.25, 0.3) is 6.08 Å². The highest BCUT2D eigenvalue weighted by Gasteiger charge is 1.94. The summed E-state index contributed by atoms with van der Waals surface area (Å²) >= 11 is 1.53. The molecule has 62 valence electrons. The molecule has 0 aliphatic rings. The Morgan fingerprint density at radius 1 is 1.50 bits per heavy atom. The predicted molar refractivity (Wildman–Crippen MR) is 52.9 cm³/mol. The molecule has 0 bridgehead atoms. The molecule has 0 aliphatic carbocycles. The van der Waals surface area contributed by atoms with E-state index in [-0.39, 0.29) is 0 Å². The highest BCUT2D eigenvalue weighted by molar-refractivity contribution is 7.13. The second kappa shape index (κ2) is 4.08. The molecule has 0 N–H and O–H groups in total. The Kier molecular flexibility index (Phi) is 3.07. The Hall–Kier alpha value is -1.07. The summed E-state index contributed by atoms with van der Waals surface area (Å²) in [7, 11) is 0. The van der Waals surface area contributed by atoms with Crippen molar-refractivity contribution >= 4 is 17.4 Å². The number of hydrogen-bond acceptors (Lipinski definition) is 2. The quantitative estimate of drug-likeness (QED) is 0.680. The van der Waals surface area contributed by atoms with Crippen molar-refractivity contribution < 1.29 is 0 Å². The van der Waals surface area contributed by atoms with E-state index in [1.54, 1.807) is 0 Å². The van der Waals surface area contributed by atoms with E-state index in [0.29, 0.717) is 5.92 Å². The first-order valence-corrected chi connectivity index (χ1v) is 4.72. The van der Waals surface area contributed by atoms with Crippen LogP contribution in [-0.2, 0) is 0 Å². The van der Waals surface area contributed by atoms with Gasteiger partial charge in [0, 0.05) is 4.88 Å². The molecule has 0 aliphatic heterocycles. The zero-order valence-electron chi connectivity index (χ0n) is 7.24. The molecule has 0 atom stereocenters. The van der Waals surface area contributed by atoms with Crippen LogP contribution in [0.1, 0.15) is 23.6 Å². The number of allylic oxidation sites excluding steroid dienone is 1. The van der Waals surface area contributed by atoms with Gasteiger partial charge in [-0.1, -0.05) is 19.9 Å². The van der Waals surface area contributed by atoms with E-state index in [4.69, 9.17) is 5.26 Å². The number of nitriles is 1. The number of rotatable bonds is 2. The van der Waals surface area contributed by atoms with Gasteiger partial charge in [-0.15, -0.1) is 11.3 Å². The van der Waals surface area contributed by atoms with Gasteiger partial charge < -0.3 is 0 Å². The van der Waals surface area contributed by atoms with E-state index in [2.05, 4.69) is 32.1 Å². The second-order valence-electron chi connectivity index (χ2n) is 2.92. The molecule has 0 saturated heterocycles. The maximum Gasteiger partial charge on any atom is 0.110 e. The van der Waals surface area contributed by atoms with E-state index in [0.717, 1.165) is 9.75 Å². The fraction of sp³-hybridized carbons (Fsp3) is 0.300. The average molecular weight is 177 g/mol. The Labute approximate surface area is 77.0 Å². The van der Waals surface area contributed by atoms with Crippen molar-refractivity contribution in [3.63, 3.8) is 0 Å². The molecule has 0 unspecified atom stereocenters. The SMILES string of the molecule is CC(C)/C=C/c1ccc(C#N)s1. The molecule has 12 heavy (non-hydrogen) atoms. The van der Waals surface area contributed by atoms with E-state index in [1.807, 2.05) is 12.1 Å². The van der Waals surface area contributed by atoms with Crippen LogP contribution < -0.4 is 0 Å². The van der Waals surface area contributed by atoms with Crippen molar-refractivity contribution in [2.24, 2.45) is 5.92 Å². The summed E-state index contributed by atoms with van der Waals surface area (Å²) in [5, 5.41) is 8.56. The molecule has 0 saturated carbocycles. The van der Waals surface area contributed by atoms with Crippen molar-refractivity contribution in [3.8, 4) is 6.07 Å². The van der Waals surface area contributed by atoms with Crippen molar-refractivity contribution in [2.75, 3.05) is 0 Å². The van der Waals surface area contributed by atoms with Gasteiger partial charge in [0.1, 0.15) is 10.9 Å². The second-order valence-corrected chi connectivity index (χ2v) is 4.03. The van der Waals surface area contributed by atoms with Crippen molar-refractivity contribution in [2.45, 2.75) is 13.8 Å². The van der Waals surface area contributed by atoms with Gasteiger partial charge in [0.05, 0.1) is 0 Å². The van der Waals surface area contributed by atoms with Crippen molar-refractivity contribution in [3.05, 3.63) is 28.0 Å². The smallest absolute Gasteiger partial charge is 0.110 e. The lowest BCUT2D eigenvalue weighted by Gasteiger charge is -1.90. The standard InChI is InChI=1S/C10H11NS/c1-8(2)3-4-9-5-6-10(7-11)12-9/h3-6,8H,1-2H3/b4-3+. The number of thiophene rings is 1. The molecule has 1 aromatic rings. The van der Waals surface area contributed by atoms with E-state index < -0.39 is 0 Å². The zero-order valence-corrected chi connectivity index (χ0v) is 8.06. The van der Waals surface area contributed by atoms with Crippen molar-refractivity contribution in [1.29, 1.82) is 5.26 Å². The topological polar surface area (TPSA) is 23.8 Å². The first-order chi connectivity index (χ1) is 5.72. The highest BCUT2D eigenvalue weighted by Crippen LogP contribution is 2.17. The fourth-order valence-electron chi connectivity index (χ4n) is 0.790. The van der Waals surface area contributed by atoms with Gasteiger partial charge in [0.25, 0.3) is 0 Å². The molecule has 0 amide bonds. The molecule has 1 heterocycles. The summed E-state index contributed by atoms with van der Waals surface area (Å²) in [6.45, 7) is 4.27. The summed E-state index contributed by atoms with van der Waals surface area (Å²) in [5.74, 6) is 0.567. The third-order valence-corrected chi connectivity index (χ3v) is 2.34. The molecule has 0 aromatic carbocycles. The molecule has 1 nitrogen and oxygen atoms in total. The minimum Gasteiger partial charge on any atom is -0.192 e. The minimum atomic E-state index is 0.567. The molecular formula is C10H11NS. The van der Waals surface area contributed by atoms with Gasteiger partial charge in [-0.05, 0) is 24.1 Å². The zero-order chi connectivity index (χ0) is 8.97. The summed E-state index contributed by atoms with van der Waals surface area (Å²) in [6, 6.07) is 5.95. The minimum absolute atomic E-state index is 0.567. The van der Waals surface area contributed by atoms with Gasteiger partial charge in [-0.2, -0.15) is 5.26 Å². The third kappa shape index (κ3) is 2.52. The van der Waals surface area contributed by atoms with Crippen LogP contribution in [0.2, 0.25) is 0 Å². The van der Waals surface area contributed by atoms with Crippen LogP contribution >= 0.6 is 11.3 Å². The molecular weight excluding hydrogens is 166 g/mol.